The number of aryl methyl sites for hydroxylation is 1. The van der Waals surface area contributed by atoms with E-state index >= 15 is 0 Å². The van der Waals surface area contributed by atoms with E-state index in [1.807, 2.05) is 38.1 Å². The predicted molar refractivity (Wildman–Crippen MR) is 82.1 cm³/mol. The summed E-state index contributed by atoms with van der Waals surface area (Å²) in [6.07, 6.45) is 3.80. The second kappa shape index (κ2) is 6.89. The summed E-state index contributed by atoms with van der Waals surface area (Å²) >= 11 is 0. The van der Waals surface area contributed by atoms with Crippen molar-refractivity contribution in [1.29, 1.82) is 0 Å². The molecule has 2 aromatic rings. The lowest BCUT2D eigenvalue weighted by molar-refractivity contribution is -0.137. The highest BCUT2D eigenvalue weighted by Crippen LogP contribution is 2.14. The van der Waals surface area contributed by atoms with E-state index in [0.29, 0.717) is 18.5 Å². The van der Waals surface area contributed by atoms with Gasteiger partial charge in [0.05, 0.1) is 17.4 Å². The van der Waals surface area contributed by atoms with Gasteiger partial charge in [0.2, 0.25) is 0 Å². The molecule has 1 heterocycles. The summed E-state index contributed by atoms with van der Waals surface area (Å²) in [6.45, 7) is 3.97. The summed E-state index contributed by atoms with van der Waals surface area (Å²) in [4.78, 5) is 24.6. The summed E-state index contributed by atoms with van der Waals surface area (Å²) in [5.74, 6) is -1.34. The van der Waals surface area contributed by atoms with Crippen molar-refractivity contribution in [3.63, 3.8) is 0 Å². The van der Waals surface area contributed by atoms with Gasteiger partial charge >= 0.3 is 5.97 Å². The Bertz CT molecular complexity index is 679. The lowest BCUT2D eigenvalue weighted by Gasteiger charge is -2.18. The van der Waals surface area contributed by atoms with Crippen molar-refractivity contribution < 1.29 is 14.7 Å². The van der Waals surface area contributed by atoms with Gasteiger partial charge in [0.15, 0.2) is 0 Å². The first-order valence-electron chi connectivity index (χ1n) is 7.14. The molecule has 1 N–H and O–H groups in total. The van der Waals surface area contributed by atoms with E-state index in [2.05, 4.69) is 5.10 Å². The average Bonchev–Trinajstić information content (AvgIpc) is 2.95. The number of aliphatic carboxylic acids is 1. The number of amides is 1. The minimum Gasteiger partial charge on any atom is -0.480 e. The zero-order valence-electron chi connectivity index (χ0n) is 12.7. The number of aromatic nitrogens is 2. The molecule has 22 heavy (non-hydrogen) atoms. The van der Waals surface area contributed by atoms with E-state index in [1.54, 1.807) is 10.9 Å². The monoisotopic (exact) mass is 301 g/mol. The molecule has 1 amide bonds. The van der Waals surface area contributed by atoms with Crippen LogP contribution in [0.5, 0.6) is 0 Å². The molecule has 0 radical (unpaired) electrons. The molecule has 0 atom stereocenters. The third kappa shape index (κ3) is 3.52. The van der Waals surface area contributed by atoms with Crippen LogP contribution in [0, 0.1) is 6.92 Å². The summed E-state index contributed by atoms with van der Waals surface area (Å²) < 4.78 is 1.63. The maximum atomic E-state index is 12.4. The van der Waals surface area contributed by atoms with Gasteiger partial charge < -0.3 is 10.0 Å². The molecule has 6 heteroatoms. The quantitative estimate of drug-likeness (QED) is 0.886. The number of hydrogen-bond donors (Lipinski definition) is 1. The van der Waals surface area contributed by atoms with Crippen molar-refractivity contribution in [3.8, 4) is 5.69 Å². The fourth-order valence-electron chi connectivity index (χ4n) is 2.25. The Balaban J connectivity index is 2.24. The predicted octanol–water partition coefficient (Wildman–Crippen LogP) is 2.12. The Morgan fingerprint density at radius 3 is 2.68 bits per heavy atom. The second-order valence-corrected chi connectivity index (χ2v) is 5.08. The molecule has 0 bridgehead atoms. The molecule has 0 saturated heterocycles. The molecule has 1 aromatic heterocycles. The molecular weight excluding hydrogens is 282 g/mol. The van der Waals surface area contributed by atoms with Crippen LogP contribution in [0.3, 0.4) is 0 Å². The lowest BCUT2D eigenvalue weighted by Crippen LogP contribution is -2.36. The van der Waals surface area contributed by atoms with Gasteiger partial charge in [-0.2, -0.15) is 5.10 Å². The van der Waals surface area contributed by atoms with Gasteiger partial charge in [0, 0.05) is 12.7 Å². The molecule has 0 fully saturated rings. The van der Waals surface area contributed by atoms with Crippen molar-refractivity contribution in [2.45, 2.75) is 20.3 Å². The van der Waals surface area contributed by atoms with Gasteiger partial charge in [-0.1, -0.05) is 25.1 Å². The Hall–Kier alpha value is -2.63. The van der Waals surface area contributed by atoms with Crippen LogP contribution >= 0.6 is 0 Å². The van der Waals surface area contributed by atoms with E-state index in [-0.39, 0.29) is 12.5 Å². The van der Waals surface area contributed by atoms with Crippen LogP contribution in [0.1, 0.15) is 29.3 Å². The number of carboxylic acids is 1. The van der Waals surface area contributed by atoms with Gasteiger partial charge in [-0.05, 0) is 25.0 Å². The molecule has 2 rings (SSSR count). The maximum absolute atomic E-state index is 12.4. The Labute approximate surface area is 129 Å². The topological polar surface area (TPSA) is 75.4 Å². The Morgan fingerprint density at radius 1 is 1.32 bits per heavy atom. The highest BCUT2D eigenvalue weighted by molar-refractivity contribution is 5.95. The normalized spacial score (nSPS) is 10.5. The van der Waals surface area contributed by atoms with Crippen molar-refractivity contribution in [2.75, 3.05) is 13.1 Å². The molecule has 0 unspecified atom stereocenters. The zero-order valence-corrected chi connectivity index (χ0v) is 12.7. The number of carbonyl (C=O) groups is 2. The number of hydrogen-bond acceptors (Lipinski definition) is 3. The summed E-state index contributed by atoms with van der Waals surface area (Å²) in [5.41, 5.74) is 2.32. The Kier molecular flexibility index (Phi) is 4.93. The first kappa shape index (κ1) is 15.8. The van der Waals surface area contributed by atoms with Crippen LogP contribution in [0.15, 0.2) is 36.7 Å². The first-order valence-corrected chi connectivity index (χ1v) is 7.14. The van der Waals surface area contributed by atoms with Crippen LogP contribution in [0.25, 0.3) is 5.69 Å². The zero-order chi connectivity index (χ0) is 16.1. The fourth-order valence-corrected chi connectivity index (χ4v) is 2.25. The van der Waals surface area contributed by atoms with E-state index in [9.17, 15) is 9.59 Å². The highest BCUT2D eigenvalue weighted by Gasteiger charge is 2.19. The van der Waals surface area contributed by atoms with Crippen molar-refractivity contribution in [3.05, 3.63) is 47.8 Å². The van der Waals surface area contributed by atoms with Crippen molar-refractivity contribution in [1.82, 2.24) is 14.7 Å². The van der Waals surface area contributed by atoms with Crippen molar-refractivity contribution in [2.24, 2.45) is 0 Å². The average molecular weight is 301 g/mol. The number of benzene rings is 1. The standard InChI is InChI=1S/C16H19N3O3/c1-3-8-18(11-15(20)21)16(22)13-9-17-19(10-13)14-7-5-4-6-12(14)2/h4-7,9-10H,3,8,11H2,1-2H3,(H,20,21). The minimum absolute atomic E-state index is 0.303. The minimum atomic E-state index is -1.02. The van der Waals surface area contributed by atoms with Crippen molar-refractivity contribution >= 4 is 11.9 Å². The van der Waals surface area contributed by atoms with Crippen LogP contribution in [0.2, 0.25) is 0 Å². The third-order valence-electron chi connectivity index (χ3n) is 3.30. The van der Waals surface area contributed by atoms with E-state index in [1.165, 1.54) is 11.1 Å². The smallest absolute Gasteiger partial charge is 0.323 e. The molecule has 0 aliphatic heterocycles. The molecule has 1 aromatic carbocycles. The van der Waals surface area contributed by atoms with E-state index in [0.717, 1.165) is 11.3 Å². The second-order valence-electron chi connectivity index (χ2n) is 5.08. The SMILES string of the molecule is CCCN(CC(=O)O)C(=O)c1cnn(-c2ccccc2C)c1. The first-order chi connectivity index (χ1) is 10.5. The van der Waals surface area contributed by atoms with Gasteiger partial charge in [-0.15, -0.1) is 0 Å². The number of nitrogens with zero attached hydrogens (tertiary/aromatic N) is 3. The van der Waals surface area contributed by atoms with Crippen LogP contribution in [0.4, 0.5) is 0 Å². The largest absolute Gasteiger partial charge is 0.480 e. The van der Waals surface area contributed by atoms with E-state index in [4.69, 9.17) is 5.11 Å². The Morgan fingerprint density at radius 2 is 2.05 bits per heavy atom. The highest BCUT2D eigenvalue weighted by atomic mass is 16.4. The molecule has 116 valence electrons. The number of carboxylic acid groups (broad SMARTS) is 1. The molecular formula is C16H19N3O3. The van der Waals surface area contributed by atoms with Gasteiger partial charge in [0.25, 0.3) is 5.91 Å². The summed E-state index contributed by atoms with van der Waals surface area (Å²) in [6, 6.07) is 7.72. The summed E-state index contributed by atoms with van der Waals surface area (Å²) in [5, 5.41) is 13.1. The molecule has 0 aliphatic carbocycles. The van der Waals surface area contributed by atoms with E-state index < -0.39 is 5.97 Å². The fraction of sp³-hybridized carbons (Fsp3) is 0.312. The molecule has 0 spiro atoms. The van der Waals surface area contributed by atoms with Gasteiger partial charge in [0.1, 0.15) is 6.54 Å². The van der Waals surface area contributed by atoms with Gasteiger partial charge in [-0.3, -0.25) is 9.59 Å². The maximum Gasteiger partial charge on any atom is 0.323 e. The van der Waals surface area contributed by atoms with Crippen LogP contribution in [-0.2, 0) is 4.79 Å². The summed E-state index contributed by atoms with van der Waals surface area (Å²) in [7, 11) is 0. The van der Waals surface area contributed by atoms with Gasteiger partial charge in [-0.25, -0.2) is 4.68 Å². The lowest BCUT2D eigenvalue weighted by atomic mass is 10.2. The number of para-hydroxylation sites is 1. The van der Waals surface area contributed by atoms with Crippen LogP contribution < -0.4 is 0 Å². The van der Waals surface area contributed by atoms with Crippen LogP contribution in [-0.4, -0.2) is 44.8 Å². The molecule has 0 saturated carbocycles. The molecule has 6 nitrogen and oxygen atoms in total. The molecule has 0 aliphatic rings. The third-order valence-corrected chi connectivity index (χ3v) is 3.30. The number of rotatable bonds is 6. The number of carbonyl (C=O) groups excluding carboxylic acids is 1.